The van der Waals surface area contributed by atoms with Gasteiger partial charge >= 0.3 is 0 Å². The van der Waals surface area contributed by atoms with Crippen molar-refractivity contribution in [3.63, 3.8) is 0 Å². The van der Waals surface area contributed by atoms with E-state index in [-0.39, 0.29) is 0 Å². The predicted molar refractivity (Wildman–Crippen MR) is 58.1 cm³/mol. The van der Waals surface area contributed by atoms with E-state index < -0.39 is 0 Å². The minimum Gasteiger partial charge on any atom is -0.355 e. The van der Waals surface area contributed by atoms with E-state index in [0.29, 0.717) is 6.04 Å². The Morgan fingerprint density at radius 1 is 1.64 bits per heavy atom. The average molecular weight is 191 g/mol. The molecule has 14 heavy (non-hydrogen) atoms. The number of nitrogens with one attached hydrogen (secondary N) is 1. The van der Waals surface area contributed by atoms with Crippen molar-refractivity contribution in [3.8, 4) is 11.8 Å². The zero-order valence-electron chi connectivity index (χ0n) is 8.71. The highest BCUT2D eigenvalue weighted by Gasteiger charge is 2.31. The number of fused-ring (bicyclic) bond motifs is 1. The average Bonchev–Trinajstić information content (AvgIpc) is 2.75. The fraction of sp³-hybridized carbons (Fsp3) is 0.727. The summed E-state index contributed by atoms with van der Waals surface area (Å²) in [5, 5.41) is 3.36. The van der Waals surface area contributed by atoms with Gasteiger partial charge in [0.2, 0.25) is 0 Å². The van der Waals surface area contributed by atoms with Crippen LogP contribution in [0, 0.1) is 11.8 Å². The fourth-order valence-electron chi connectivity index (χ4n) is 2.11. The first-order valence-corrected chi connectivity index (χ1v) is 5.36. The van der Waals surface area contributed by atoms with Gasteiger partial charge in [-0.3, -0.25) is 4.99 Å². The minimum absolute atomic E-state index is 0.690. The molecule has 1 saturated heterocycles. The van der Waals surface area contributed by atoms with Gasteiger partial charge in [0, 0.05) is 19.5 Å². The first-order chi connectivity index (χ1) is 6.92. The molecule has 3 nitrogen and oxygen atoms in total. The van der Waals surface area contributed by atoms with Gasteiger partial charge in [0.05, 0.1) is 12.6 Å². The molecule has 2 aliphatic heterocycles. The van der Waals surface area contributed by atoms with Gasteiger partial charge in [-0.25, -0.2) is 0 Å². The van der Waals surface area contributed by atoms with Crippen LogP contribution in [-0.4, -0.2) is 36.5 Å². The van der Waals surface area contributed by atoms with Crippen LogP contribution in [-0.2, 0) is 0 Å². The van der Waals surface area contributed by atoms with E-state index in [1.807, 2.05) is 6.92 Å². The molecule has 76 valence electrons. The van der Waals surface area contributed by atoms with Crippen molar-refractivity contribution in [3.05, 3.63) is 0 Å². The molecule has 1 fully saturated rings. The van der Waals surface area contributed by atoms with Crippen molar-refractivity contribution in [1.82, 2.24) is 10.2 Å². The van der Waals surface area contributed by atoms with Gasteiger partial charge in [-0.2, -0.15) is 0 Å². The third kappa shape index (κ3) is 1.84. The third-order valence-electron chi connectivity index (χ3n) is 2.81. The molecule has 0 aromatic rings. The van der Waals surface area contributed by atoms with Crippen molar-refractivity contribution in [1.29, 1.82) is 0 Å². The van der Waals surface area contributed by atoms with E-state index in [9.17, 15) is 0 Å². The largest absolute Gasteiger partial charge is 0.355 e. The lowest BCUT2D eigenvalue weighted by Gasteiger charge is -2.20. The van der Waals surface area contributed by atoms with Crippen LogP contribution in [0.1, 0.15) is 26.2 Å². The quantitative estimate of drug-likeness (QED) is 0.517. The summed E-state index contributed by atoms with van der Waals surface area (Å²) in [6.07, 6.45) is 3.54. The number of nitrogens with zero attached hydrogens (tertiary/aromatic N) is 2. The third-order valence-corrected chi connectivity index (χ3v) is 2.81. The zero-order valence-corrected chi connectivity index (χ0v) is 8.71. The predicted octanol–water partition coefficient (Wildman–Crippen LogP) is 0.823. The van der Waals surface area contributed by atoms with Crippen LogP contribution in [0.15, 0.2) is 4.99 Å². The van der Waals surface area contributed by atoms with Crippen molar-refractivity contribution in [2.45, 2.75) is 32.2 Å². The SMILES string of the molecule is CC#CCCNC1=NC[C@H]2CCCN12. The zero-order chi connectivity index (χ0) is 9.80. The highest BCUT2D eigenvalue weighted by molar-refractivity contribution is 5.82. The number of aliphatic imine (C=N–C) groups is 1. The molecule has 0 unspecified atom stereocenters. The summed E-state index contributed by atoms with van der Waals surface area (Å²) in [6.45, 7) is 4.96. The lowest BCUT2D eigenvalue weighted by molar-refractivity contribution is 0.418. The molecule has 0 bridgehead atoms. The molecule has 0 aromatic carbocycles. The Morgan fingerprint density at radius 2 is 2.57 bits per heavy atom. The summed E-state index contributed by atoms with van der Waals surface area (Å²) in [7, 11) is 0. The Morgan fingerprint density at radius 3 is 3.43 bits per heavy atom. The molecular formula is C11H17N3. The van der Waals surface area contributed by atoms with Crippen LogP contribution in [0.4, 0.5) is 0 Å². The van der Waals surface area contributed by atoms with Crippen molar-refractivity contribution >= 4 is 5.96 Å². The fourth-order valence-corrected chi connectivity index (χ4v) is 2.11. The molecule has 1 N–H and O–H groups in total. The van der Waals surface area contributed by atoms with Crippen molar-refractivity contribution < 1.29 is 0 Å². The van der Waals surface area contributed by atoms with Crippen molar-refractivity contribution in [2.75, 3.05) is 19.6 Å². The topological polar surface area (TPSA) is 27.6 Å². The highest BCUT2D eigenvalue weighted by Crippen LogP contribution is 2.21. The summed E-state index contributed by atoms with van der Waals surface area (Å²) in [5.41, 5.74) is 0. The number of hydrogen-bond donors (Lipinski definition) is 1. The molecule has 0 saturated carbocycles. The second kappa shape index (κ2) is 4.36. The van der Waals surface area contributed by atoms with Gasteiger partial charge in [0.1, 0.15) is 0 Å². The Labute approximate surface area is 85.6 Å². The normalized spacial score (nSPS) is 23.9. The molecule has 0 aromatic heterocycles. The first-order valence-electron chi connectivity index (χ1n) is 5.36. The summed E-state index contributed by atoms with van der Waals surface area (Å²) >= 11 is 0. The maximum absolute atomic E-state index is 4.50. The highest BCUT2D eigenvalue weighted by atomic mass is 15.4. The Hall–Kier alpha value is -1.17. The molecule has 2 rings (SSSR count). The van der Waals surface area contributed by atoms with Crippen LogP contribution in [0.5, 0.6) is 0 Å². The minimum atomic E-state index is 0.690. The molecule has 0 aliphatic carbocycles. The van der Waals surface area contributed by atoms with Crippen LogP contribution in [0.2, 0.25) is 0 Å². The van der Waals surface area contributed by atoms with Gasteiger partial charge in [-0.05, 0) is 19.8 Å². The van der Waals surface area contributed by atoms with Gasteiger partial charge < -0.3 is 10.2 Å². The second-order valence-corrected chi connectivity index (χ2v) is 3.76. The van der Waals surface area contributed by atoms with Crippen LogP contribution < -0.4 is 5.32 Å². The molecule has 0 amide bonds. The van der Waals surface area contributed by atoms with E-state index >= 15 is 0 Å². The van der Waals surface area contributed by atoms with E-state index in [1.165, 1.54) is 19.4 Å². The molecule has 2 heterocycles. The Balaban J connectivity index is 1.77. The molecule has 1 atom stereocenters. The molecule has 0 radical (unpaired) electrons. The van der Waals surface area contributed by atoms with Gasteiger partial charge in [0.25, 0.3) is 0 Å². The molecule has 0 spiro atoms. The van der Waals surface area contributed by atoms with Crippen LogP contribution in [0.25, 0.3) is 0 Å². The smallest absolute Gasteiger partial charge is 0.194 e. The van der Waals surface area contributed by atoms with E-state index in [0.717, 1.165) is 25.5 Å². The molecule has 3 heteroatoms. The summed E-state index contributed by atoms with van der Waals surface area (Å²) in [6, 6.07) is 0.690. The van der Waals surface area contributed by atoms with E-state index in [1.54, 1.807) is 0 Å². The lowest BCUT2D eigenvalue weighted by atomic mass is 10.2. The van der Waals surface area contributed by atoms with Gasteiger partial charge in [-0.1, -0.05) is 0 Å². The Bertz CT molecular complexity index is 285. The molecular weight excluding hydrogens is 174 g/mol. The van der Waals surface area contributed by atoms with E-state index in [4.69, 9.17) is 0 Å². The standard InChI is InChI=1S/C11H17N3/c1-2-3-4-7-12-11-13-9-10-6-5-8-14(10)11/h10H,4-9H2,1H3,(H,12,13)/t10-/m1/s1. The van der Waals surface area contributed by atoms with Crippen LogP contribution in [0.3, 0.4) is 0 Å². The van der Waals surface area contributed by atoms with Crippen molar-refractivity contribution in [2.24, 2.45) is 4.99 Å². The number of hydrogen-bond acceptors (Lipinski definition) is 3. The number of rotatable bonds is 2. The van der Waals surface area contributed by atoms with E-state index in [2.05, 4.69) is 27.0 Å². The monoisotopic (exact) mass is 191 g/mol. The molecule has 2 aliphatic rings. The second-order valence-electron chi connectivity index (χ2n) is 3.76. The summed E-state index contributed by atoms with van der Waals surface area (Å²) in [5.74, 6) is 7.04. The maximum Gasteiger partial charge on any atom is 0.194 e. The lowest BCUT2D eigenvalue weighted by Crippen LogP contribution is -2.40. The summed E-state index contributed by atoms with van der Waals surface area (Å²) < 4.78 is 0. The first kappa shape index (κ1) is 9.39. The summed E-state index contributed by atoms with van der Waals surface area (Å²) in [4.78, 5) is 6.90. The van der Waals surface area contributed by atoms with Gasteiger partial charge in [-0.15, -0.1) is 11.8 Å². The number of guanidine groups is 1. The Kier molecular flexibility index (Phi) is 2.93. The van der Waals surface area contributed by atoms with Crippen LogP contribution >= 0.6 is 0 Å². The maximum atomic E-state index is 4.50. The van der Waals surface area contributed by atoms with Gasteiger partial charge in [0.15, 0.2) is 5.96 Å².